The molecule has 0 aliphatic carbocycles. The quantitative estimate of drug-likeness (QED) is 0.212. The first-order valence-electron chi connectivity index (χ1n) is 2.73. The van der Waals surface area contributed by atoms with Gasteiger partial charge in [-0.05, 0) is 0 Å². The average Bonchev–Trinajstić information content (AvgIpc) is 1.64. The predicted octanol–water partition coefficient (Wildman–Crippen LogP) is -6.63. The van der Waals surface area contributed by atoms with Crippen LogP contribution in [0.25, 0.3) is 0 Å². The summed E-state index contributed by atoms with van der Waals surface area (Å²) in [6.45, 7) is 0. The molecule has 0 aromatic carbocycles. The van der Waals surface area contributed by atoms with Gasteiger partial charge < -0.3 is 21.9 Å². The van der Waals surface area contributed by atoms with Gasteiger partial charge in [-0.2, -0.15) is 0 Å². The SMILES string of the molecule is O.O.O.O.[O]=[Cr](=[O])([OH])[O][Cr](=[O])(=[O])[OH].[O]=[Cr](=[O])([OH])[O][Cr](=[O])(=[O])[OH].[Os]. The van der Waals surface area contributed by atoms with Gasteiger partial charge in [0, 0.05) is 19.8 Å². The standard InChI is InChI=1S/4Cr.8H2O.10O.Os/h;;;;8*1H2;;;;;;;;;;;/q4*+1;;;;;;;;;;;;;;;;;;;/p-4. The molecule has 12 N–H and O–H groups in total. The van der Waals surface area contributed by atoms with E-state index >= 15 is 0 Å². The summed E-state index contributed by atoms with van der Waals surface area (Å²) >= 11 is -23.0. The molecule has 0 aromatic heterocycles. The fourth-order valence-electron chi connectivity index (χ4n) is 0.217. The monoisotopic (exact) mass is 700 g/mol. The van der Waals surface area contributed by atoms with Crippen LogP contribution in [-0.4, -0.2) is 38.5 Å². The normalized spacial score (nSPS) is 10.6. The van der Waals surface area contributed by atoms with Crippen LogP contribution in [0.15, 0.2) is 0 Å². The third-order valence-electron chi connectivity index (χ3n) is 0.344. The Labute approximate surface area is 148 Å². The van der Waals surface area contributed by atoms with Crippen molar-refractivity contribution in [3.05, 3.63) is 0 Å². The predicted molar refractivity (Wildman–Crippen MR) is 31.0 cm³/mol. The summed E-state index contributed by atoms with van der Waals surface area (Å²) in [6.07, 6.45) is 0. The Kier molecular flexibility index (Phi) is 28.7. The molecular weight excluding hydrogens is 686 g/mol. The van der Waals surface area contributed by atoms with E-state index in [0.717, 1.165) is 0 Å². The Hall–Kier alpha value is 0.766. The first kappa shape index (κ1) is 43.8. The zero-order valence-corrected chi connectivity index (χ0v) is 17.5. The maximum atomic E-state index is 9.53. The first-order valence-corrected chi connectivity index (χ1v) is 11.3. The number of rotatable bonds is 4. The van der Waals surface area contributed by atoms with Crippen LogP contribution in [0.4, 0.5) is 0 Å². The van der Waals surface area contributed by atoms with Crippen LogP contribution in [0.5, 0.6) is 0 Å². The molecule has 0 bridgehead atoms. The molecule has 0 aromatic rings. The van der Waals surface area contributed by atoms with Crippen molar-refractivity contribution < 1.29 is 149 Å². The molecule has 152 valence electrons. The minimum Gasteiger partial charge on any atom is 0 e. The van der Waals surface area contributed by atoms with Gasteiger partial charge in [-0.25, -0.2) is 0 Å². The molecule has 0 saturated heterocycles. The van der Waals surface area contributed by atoms with Crippen molar-refractivity contribution in [3.63, 3.8) is 0 Å². The average molecular weight is 698 g/mol. The summed E-state index contributed by atoms with van der Waals surface area (Å²) in [5.74, 6) is 0. The number of hydrogen-bond donors (Lipinski definition) is 4. The van der Waals surface area contributed by atoms with Gasteiger partial charge in [0.2, 0.25) is 0 Å². The second-order valence-corrected chi connectivity index (χ2v) is 9.37. The molecule has 0 aliphatic heterocycles. The first-order chi connectivity index (χ1) is 7.41. The second kappa shape index (κ2) is 15.1. The fourth-order valence-corrected chi connectivity index (χ4v) is 3.69. The Morgan fingerprint density at radius 2 is 0.522 bits per heavy atom. The summed E-state index contributed by atoms with van der Waals surface area (Å²) in [5, 5.41) is 0. The molecule has 23 heteroatoms. The van der Waals surface area contributed by atoms with E-state index < -0.39 is 54.5 Å². The van der Waals surface area contributed by atoms with Crippen LogP contribution in [0.1, 0.15) is 0 Å². The molecule has 0 aliphatic rings. The van der Waals surface area contributed by atoms with Gasteiger partial charge in [0.05, 0.1) is 0 Å². The Balaban J connectivity index is -0.0000000366. The summed E-state index contributed by atoms with van der Waals surface area (Å²) in [7, 11) is 0. The minimum atomic E-state index is -5.76. The molecular formula is H12Cr4O18Os. The van der Waals surface area contributed by atoms with Crippen molar-refractivity contribution in [1.82, 2.24) is 0 Å². The summed E-state index contributed by atoms with van der Waals surface area (Å²) in [6, 6.07) is 0. The van der Waals surface area contributed by atoms with E-state index in [2.05, 4.69) is 5.68 Å². The fraction of sp³-hybridized carbons (Fsp3) is 0. The third-order valence-corrected chi connectivity index (χ3v) is 5.85. The van der Waals surface area contributed by atoms with Crippen molar-refractivity contribution in [2.24, 2.45) is 0 Å². The summed E-state index contributed by atoms with van der Waals surface area (Å²) in [5.41, 5.74) is 0. The van der Waals surface area contributed by atoms with Crippen molar-refractivity contribution in [3.8, 4) is 0 Å². The Bertz CT molecular complexity index is 533. The number of hydrogen-bond acceptors (Lipinski definition) is 10. The van der Waals surface area contributed by atoms with Crippen molar-refractivity contribution in [2.75, 3.05) is 0 Å². The second-order valence-electron chi connectivity index (χ2n) is 1.85. The van der Waals surface area contributed by atoms with E-state index in [1.807, 2.05) is 0 Å². The maximum Gasteiger partial charge on any atom is 0 e. The van der Waals surface area contributed by atoms with Crippen molar-refractivity contribution >= 4 is 0 Å². The molecule has 0 rings (SSSR count). The van der Waals surface area contributed by atoms with Gasteiger partial charge in [0.25, 0.3) is 0 Å². The summed E-state index contributed by atoms with van der Waals surface area (Å²) in [4.78, 5) is 0. The van der Waals surface area contributed by atoms with Gasteiger partial charge >= 0.3 is 107 Å². The van der Waals surface area contributed by atoms with Gasteiger partial charge in [0.15, 0.2) is 0 Å². The molecule has 0 radical (unpaired) electrons. The van der Waals surface area contributed by atoms with Gasteiger partial charge in [-0.3, -0.25) is 0 Å². The maximum absolute atomic E-state index is 9.53. The Morgan fingerprint density at radius 1 is 0.435 bits per heavy atom. The van der Waals surface area contributed by atoms with E-state index in [0.29, 0.717) is 0 Å². The molecule has 0 spiro atoms. The smallest absolute Gasteiger partial charge is 0 e. The van der Waals surface area contributed by atoms with Crippen LogP contribution >= 0.6 is 0 Å². The summed E-state index contributed by atoms with van der Waals surface area (Å²) < 4.78 is 113. The van der Waals surface area contributed by atoms with E-state index in [1.165, 1.54) is 0 Å². The van der Waals surface area contributed by atoms with E-state index in [4.69, 9.17) is 16.6 Å². The molecule has 23 heavy (non-hydrogen) atoms. The molecule has 18 nitrogen and oxygen atoms in total. The van der Waals surface area contributed by atoms with E-state index in [1.54, 1.807) is 0 Å². The van der Waals surface area contributed by atoms with Gasteiger partial charge in [0.1, 0.15) is 0 Å². The van der Waals surface area contributed by atoms with Crippen molar-refractivity contribution in [1.29, 1.82) is 0 Å². The van der Waals surface area contributed by atoms with Crippen LogP contribution in [0.3, 0.4) is 0 Å². The zero-order valence-electron chi connectivity index (χ0n) is 9.86. The molecule has 0 unspecified atom stereocenters. The van der Waals surface area contributed by atoms with Crippen LogP contribution in [0.2, 0.25) is 0 Å². The Morgan fingerprint density at radius 3 is 0.522 bits per heavy atom. The molecule has 0 heterocycles. The molecule has 0 amide bonds. The molecule has 0 fully saturated rings. The van der Waals surface area contributed by atoms with Crippen LogP contribution in [-0.2, 0) is 110 Å². The van der Waals surface area contributed by atoms with Crippen LogP contribution in [0, 0.1) is 0 Å². The van der Waals surface area contributed by atoms with Crippen molar-refractivity contribution in [2.45, 2.75) is 0 Å². The zero-order chi connectivity index (χ0) is 15.4. The largest absolute Gasteiger partial charge is 0 e. The van der Waals surface area contributed by atoms with Gasteiger partial charge in [-0.1, -0.05) is 0 Å². The van der Waals surface area contributed by atoms with Crippen LogP contribution < -0.4 is 0 Å². The molecule has 0 atom stereocenters. The molecule has 0 saturated carbocycles. The van der Waals surface area contributed by atoms with Gasteiger partial charge in [-0.15, -0.1) is 0 Å². The van der Waals surface area contributed by atoms with E-state index in [-0.39, 0.29) is 41.7 Å². The minimum absolute atomic E-state index is 0. The van der Waals surface area contributed by atoms with E-state index in [9.17, 15) is 30.4 Å². The topological polar surface area (TPSA) is 362 Å². The third kappa shape index (κ3) is 60.2.